The van der Waals surface area contributed by atoms with E-state index in [9.17, 15) is 23.8 Å². The van der Waals surface area contributed by atoms with Crippen molar-refractivity contribution in [2.75, 3.05) is 19.8 Å². The molecule has 0 radical (unpaired) electrons. The lowest BCUT2D eigenvalue weighted by atomic mass is 10.1. The molecule has 0 fully saturated rings. The van der Waals surface area contributed by atoms with Crippen LogP contribution in [-0.2, 0) is 37.5 Å². The summed E-state index contributed by atoms with van der Waals surface area (Å²) in [6.07, 6.45) is 47.7. The fourth-order valence-corrected chi connectivity index (χ4v) is 7.34. The number of ether oxygens (including phenoxy) is 2. The smallest absolute Gasteiger partial charge is 0.472 e. The van der Waals surface area contributed by atoms with E-state index < -0.39 is 51.1 Å². The molecule has 0 saturated heterocycles. The predicted octanol–water partition coefficient (Wildman–Crippen LogP) is 13.2. The molecule has 0 bridgehead atoms. The first-order valence-electron chi connectivity index (χ1n) is 24.0. The van der Waals surface area contributed by atoms with Crippen molar-refractivity contribution in [3.05, 3.63) is 36.5 Å². The van der Waals surface area contributed by atoms with Gasteiger partial charge in [0, 0.05) is 12.8 Å². The van der Waals surface area contributed by atoms with Crippen LogP contribution >= 0.6 is 7.82 Å². The minimum Gasteiger partial charge on any atom is -0.480 e. The number of carbonyl (C=O) groups excluding carboxylic acids is 2. The summed E-state index contributed by atoms with van der Waals surface area (Å²) in [6.45, 7) is 2.79. The van der Waals surface area contributed by atoms with Gasteiger partial charge in [-0.2, -0.15) is 0 Å². The Morgan fingerprint density at radius 3 is 1.35 bits per heavy atom. The van der Waals surface area contributed by atoms with Crippen molar-refractivity contribution in [1.29, 1.82) is 0 Å². The molecule has 350 valence electrons. The Kier molecular flexibility index (Phi) is 41.7. The van der Waals surface area contributed by atoms with E-state index in [4.69, 9.17) is 24.8 Å². The average Bonchev–Trinajstić information content (AvgIpc) is 3.22. The molecule has 60 heavy (non-hydrogen) atoms. The molecule has 0 amide bonds. The zero-order valence-corrected chi connectivity index (χ0v) is 38.9. The van der Waals surface area contributed by atoms with E-state index in [1.54, 1.807) is 0 Å². The Balaban J connectivity index is 4.30. The van der Waals surface area contributed by atoms with E-state index >= 15 is 0 Å². The third-order valence-corrected chi connectivity index (χ3v) is 11.3. The number of rotatable bonds is 45. The second-order valence-electron chi connectivity index (χ2n) is 16.2. The number of hydrogen-bond donors (Lipinski definition) is 3. The van der Waals surface area contributed by atoms with Crippen molar-refractivity contribution in [2.45, 2.75) is 231 Å². The van der Waals surface area contributed by atoms with Gasteiger partial charge in [0.15, 0.2) is 6.10 Å². The lowest BCUT2D eigenvalue weighted by Crippen LogP contribution is -2.34. The normalized spacial score (nSPS) is 13.9. The van der Waals surface area contributed by atoms with Crippen molar-refractivity contribution in [2.24, 2.45) is 5.73 Å². The second-order valence-corrected chi connectivity index (χ2v) is 17.7. The number of allylic oxidation sites excluding steroid dienone is 6. The maximum Gasteiger partial charge on any atom is 0.472 e. The molecule has 11 nitrogen and oxygen atoms in total. The van der Waals surface area contributed by atoms with Crippen LogP contribution in [0.25, 0.3) is 0 Å². The van der Waals surface area contributed by atoms with Crippen molar-refractivity contribution in [3.63, 3.8) is 0 Å². The molecule has 12 heteroatoms. The van der Waals surface area contributed by atoms with Gasteiger partial charge >= 0.3 is 25.7 Å². The number of hydrogen-bond acceptors (Lipinski definition) is 9. The monoisotopic (exact) mass is 870 g/mol. The number of carboxylic acid groups (broad SMARTS) is 1. The van der Waals surface area contributed by atoms with Gasteiger partial charge in [0.05, 0.1) is 13.2 Å². The summed E-state index contributed by atoms with van der Waals surface area (Å²) >= 11 is 0. The molecule has 0 aliphatic rings. The third kappa shape index (κ3) is 42.4. The summed E-state index contributed by atoms with van der Waals surface area (Å²) in [4.78, 5) is 46.1. The summed E-state index contributed by atoms with van der Waals surface area (Å²) in [7, 11) is -4.72. The maximum atomic E-state index is 12.7. The van der Waals surface area contributed by atoms with E-state index in [0.717, 1.165) is 57.8 Å². The maximum absolute atomic E-state index is 12.7. The Morgan fingerprint density at radius 2 is 0.883 bits per heavy atom. The van der Waals surface area contributed by atoms with Crippen LogP contribution in [0.5, 0.6) is 0 Å². The highest BCUT2D eigenvalue weighted by molar-refractivity contribution is 7.47. The van der Waals surface area contributed by atoms with Gasteiger partial charge < -0.3 is 25.2 Å². The Labute approximate surface area is 365 Å². The molecule has 3 atom stereocenters. The average molecular weight is 870 g/mol. The molecule has 0 rings (SSSR count). The molecule has 0 aromatic heterocycles. The van der Waals surface area contributed by atoms with Crippen LogP contribution in [0.3, 0.4) is 0 Å². The molecule has 0 spiro atoms. The third-order valence-electron chi connectivity index (χ3n) is 10.4. The lowest BCUT2D eigenvalue weighted by molar-refractivity contribution is -0.161. The van der Waals surface area contributed by atoms with E-state index in [1.807, 2.05) is 0 Å². The molecule has 0 aromatic carbocycles. The van der Waals surface area contributed by atoms with Crippen LogP contribution in [0, 0.1) is 0 Å². The summed E-state index contributed by atoms with van der Waals surface area (Å²) in [5, 5.41) is 8.91. The van der Waals surface area contributed by atoms with Gasteiger partial charge in [-0.25, -0.2) is 4.57 Å². The highest BCUT2D eigenvalue weighted by Gasteiger charge is 2.28. The SMILES string of the molecule is CCCCC/C=C\C/C=C\CCCCCCCCCC(=O)O[C@H](COC(=O)CCCCCCCCCCC/C=C\CCCCCCCC)COP(=O)(O)OC[C@H](N)C(=O)O. The minimum atomic E-state index is -4.72. The van der Waals surface area contributed by atoms with Crippen LogP contribution in [0.2, 0.25) is 0 Å². The number of phosphoric ester groups is 1. The van der Waals surface area contributed by atoms with Crippen LogP contribution in [0.4, 0.5) is 0 Å². The molecule has 0 saturated carbocycles. The number of esters is 2. The molecule has 0 aromatic rings. The molecule has 1 unspecified atom stereocenters. The Hall–Kier alpha value is -2.30. The molecule has 4 N–H and O–H groups in total. The fraction of sp³-hybridized carbons (Fsp3) is 0.812. The number of unbranched alkanes of at least 4 members (excludes halogenated alkanes) is 25. The minimum absolute atomic E-state index is 0.153. The van der Waals surface area contributed by atoms with Crippen LogP contribution in [0.1, 0.15) is 219 Å². The number of carbonyl (C=O) groups is 3. The Bertz CT molecular complexity index is 1160. The molecule has 0 aliphatic carbocycles. The summed E-state index contributed by atoms with van der Waals surface area (Å²) in [6, 6.07) is -1.52. The zero-order chi connectivity index (χ0) is 44.2. The lowest BCUT2D eigenvalue weighted by Gasteiger charge is -2.20. The number of aliphatic carboxylic acids is 1. The standard InChI is InChI=1S/C48H88NO10P/c1-3-5-7-9-11-13-15-17-19-21-22-24-25-27-29-31-33-35-37-39-46(50)56-41-44(42-57-60(54,55)58-43-45(49)48(52)53)59-47(51)40-38-36-34-32-30-28-26-23-20-18-16-14-12-10-8-6-4-2/h12,14,17-20,44-45H,3-11,13,15-16,21-43,49H2,1-2H3,(H,52,53)(H,54,55)/b14-12-,19-17-,20-18-/t44-,45+/m1/s1. The summed E-state index contributed by atoms with van der Waals surface area (Å²) in [5.74, 6) is -2.38. The predicted molar refractivity (Wildman–Crippen MR) is 245 cm³/mol. The van der Waals surface area contributed by atoms with Crippen molar-refractivity contribution < 1.29 is 47.5 Å². The number of phosphoric acid groups is 1. The van der Waals surface area contributed by atoms with Crippen molar-refractivity contribution in [1.82, 2.24) is 0 Å². The van der Waals surface area contributed by atoms with E-state index in [-0.39, 0.29) is 19.4 Å². The topological polar surface area (TPSA) is 172 Å². The van der Waals surface area contributed by atoms with Crippen LogP contribution in [-0.4, -0.2) is 59.9 Å². The highest BCUT2D eigenvalue weighted by Crippen LogP contribution is 2.43. The van der Waals surface area contributed by atoms with Gasteiger partial charge in [-0.05, 0) is 70.6 Å². The zero-order valence-electron chi connectivity index (χ0n) is 38.1. The van der Waals surface area contributed by atoms with Gasteiger partial charge in [0.2, 0.25) is 0 Å². The molecule has 0 heterocycles. The van der Waals surface area contributed by atoms with Crippen LogP contribution in [0.15, 0.2) is 36.5 Å². The summed E-state index contributed by atoms with van der Waals surface area (Å²) in [5.41, 5.74) is 5.34. The van der Waals surface area contributed by atoms with E-state index in [2.05, 4.69) is 54.8 Å². The van der Waals surface area contributed by atoms with Gasteiger partial charge in [-0.15, -0.1) is 0 Å². The van der Waals surface area contributed by atoms with Gasteiger partial charge in [-0.3, -0.25) is 23.4 Å². The quantitative estimate of drug-likeness (QED) is 0.0230. The van der Waals surface area contributed by atoms with Crippen molar-refractivity contribution >= 4 is 25.7 Å². The van der Waals surface area contributed by atoms with Crippen LogP contribution < -0.4 is 5.73 Å². The first kappa shape index (κ1) is 57.7. The molecular formula is C48H88NO10P. The largest absolute Gasteiger partial charge is 0.480 e. The fourth-order valence-electron chi connectivity index (χ4n) is 6.56. The van der Waals surface area contributed by atoms with Gasteiger partial charge in [0.1, 0.15) is 12.6 Å². The van der Waals surface area contributed by atoms with Gasteiger partial charge in [0.25, 0.3) is 0 Å². The second kappa shape index (κ2) is 43.4. The Morgan fingerprint density at radius 1 is 0.517 bits per heavy atom. The highest BCUT2D eigenvalue weighted by atomic mass is 31.2. The first-order chi connectivity index (χ1) is 29.1. The van der Waals surface area contributed by atoms with Crippen molar-refractivity contribution in [3.8, 4) is 0 Å². The number of nitrogens with two attached hydrogens (primary N) is 1. The summed E-state index contributed by atoms with van der Waals surface area (Å²) < 4.78 is 32.8. The van der Waals surface area contributed by atoms with Gasteiger partial charge in [-0.1, -0.05) is 172 Å². The molecule has 0 aliphatic heterocycles. The number of carboxylic acids is 1. The first-order valence-corrected chi connectivity index (χ1v) is 25.5. The van der Waals surface area contributed by atoms with E-state index in [0.29, 0.717) is 12.8 Å². The van der Waals surface area contributed by atoms with E-state index in [1.165, 1.54) is 122 Å². The molecular weight excluding hydrogens is 781 g/mol.